The molecular weight excluding hydrogens is 347 g/mol. The summed E-state index contributed by atoms with van der Waals surface area (Å²) >= 11 is 12.2. The monoisotopic (exact) mass is 378 g/mol. The number of benzene rings is 1. The van der Waals surface area contributed by atoms with Crippen LogP contribution in [-0.2, 0) is 0 Å². The van der Waals surface area contributed by atoms with Crippen LogP contribution in [0.2, 0.25) is 10.0 Å². The van der Waals surface area contributed by atoms with E-state index in [0.717, 1.165) is 17.8 Å². The zero-order valence-corrected chi connectivity index (χ0v) is 17.0. The maximum absolute atomic E-state index is 6.19. The van der Waals surface area contributed by atoms with Gasteiger partial charge in [-0.3, -0.25) is 0 Å². The van der Waals surface area contributed by atoms with Crippen LogP contribution in [0.5, 0.6) is 0 Å². The number of hydrogen-bond acceptors (Lipinski definition) is 0. The lowest BCUT2D eigenvalue weighted by atomic mass is 9.74. The molecule has 25 heavy (non-hydrogen) atoms. The van der Waals surface area contributed by atoms with E-state index >= 15 is 0 Å². The lowest BCUT2D eigenvalue weighted by Gasteiger charge is -2.31. The van der Waals surface area contributed by atoms with Crippen LogP contribution in [0.3, 0.4) is 0 Å². The van der Waals surface area contributed by atoms with Crippen molar-refractivity contribution in [2.75, 3.05) is 0 Å². The van der Waals surface area contributed by atoms with Crippen LogP contribution in [0.1, 0.15) is 82.6 Å². The van der Waals surface area contributed by atoms with Gasteiger partial charge in [-0.1, -0.05) is 54.3 Å². The second-order valence-electron chi connectivity index (χ2n) is 8.28. The van der Waals surface area contributed by atoms with Crippen molar-refractivity contribution >= 4 is 23.2 Å². The van der Waals surface area contributed by atoms with Crippen LogP contribution in [-0.4, -0.2) is 0 Å². The Labute approximate surface area is 164 Å². The predicted molar refractivity (Wildman–Crippen MR) is 111 cm³/mol. The molecule has 0 aliphatic heterocycles. The van der Waals surface area contributed by atoms with Gasteiger partial charge in [0.2, 0.25) is 0 Å². The molecule has 1 aromatic rings. The Hall–Kier alpha value is -0.460. The molecular formula is C23H32Cl2. The van der Waals surface area contributed by atoms with Gasteiger partial charge in [0.1, 0.15) is 0 Å². The zero-order valence-electron chi connectivity index (χ0n) is 15.5. The van der Waals surface area contributed by atoms with Gasteiger partial charge in [-0.05, 0) is 99.7 Å². The summed E-state index contributed by atoms with van der Waals surface area (Å²) in [6.07, 6.45) is 18.7. The van der Waals surface area contributed by atoms with Crippen molar-refractivity contribution in [3.8, 4) is 0 Å². The van der Waals surface area contributed by atoms with Gasteiger partial charge in [0, 0.05) is 0 Å². The van der Waals surface area contributed by atoms with Gasteiger partial charge in [0.15, 0.2) is 0 Å². The first-order valence-corrected chi connectivity index (χ1v) is 11.0. The maximum Gasteiger partial charge on any atom is 0.0595 e. The second kappa shape index (κ2) is 9.47. The third-order valence-electron chi connectivity index (χ3n) is 6.60. The van der Waals surface area contributed by atoms with E-state index < -0.39 is 0 Å². The van der Waals surface area contributed by atoms with Crippen LogP contribution < -0.4 is 0 Å². The van der Waals surface area contributed by atoms with Gasteiger partial charge in [-0.2, -0.15) is 0 Å². The largest absolute Gasteiger partial charge is 0.0914 e. The smallest absolute Gasteiger partial charge is 0.0595 e. The van der Waals surface area contributed by atoms with E-state index in [0.29, 0.717) is 16.0 Å². The Morgan fingerprint density at radius 3 is 2.00 bits per heavy atom. The van der Waals surface area contributed by atoms with E-state index in [1.54, 1.807) is 0 Å². The fourth-order valence-corrected chi connectivity index (χ4v) is 5.27. The van der Waals surface area contributed by atoms with E-state index in [9.17, 15) is 0 Å². The Morgan fingerprint density at radius 1 is 0.840 bits per heavy atom. The molecule has 0 N–H and O–H groups in total. The first-order chi connectivity index (χ1) is 12.2. The molecule has 0 saturated heterocycles. The number of halogens is 2. The van der Waals surface area contributed by atoms with Crippen LogP contribution >= 0.6 is 23.2 Å². The highest BCUT2D eigenvalue weighted by molar-refractivity contribution is 6.42. The Balaban J connectivity index is 1.39. The summed E-state index contributed by atoms with van der Waals surface area (Å²) in [6.45, 7) is 2.15. The molecule has 2 fully saturated rings. The van der Waals surface area contributed by atoms with Crippen molar-refractivity contribution in [1.29, 1.82) is 0 Å². The zero-order chi connectivity index (χ0) is 17.6. The predicted octanol–water partition coefficient (Wildman–Crippen LogP) is 8.43. The van der Waals surface area contributed by atoms with Gasteiger partial charge >= 0.3 is 0 Å². The molecule has 2 aliphatic carbocycles. The summed E-state index contributed by atoms with van der Waals surface area (Å²) in [5.74, 6) is 3.49. The number of rotatable bonds is 5. The van der Waals surface area contributed by atoms with Crippen molar-refractivity contribution in [3.05, 3.63) is 46.0 Å². The SMILES string of the molecule is CC=CC1CCC(CCC2CCC(c3ccc(Cl)c(Cl)c3)CC2)CC1. The molecule has 0 heterocycles. The first-order valence-electron chi connectivity index (χ1n) is 10.2. The minimum absolute atomic E-state index is 0.670. The minimum atomic E-state index is 0.670. The van der Waals surface area contributed by atoms with Gasteiger partial charge in [0.25, 0.3) is 0 Å². The number of hydrogen-bond donors (Lipinski definition) is 0. The molecule has 0 aromatic heterocycles. The van der Waals surface area contributed by atoms with Gasteiger partial charge in [0.05, 0.1) is 10.0 Å². The maximum atomic E-state index is 6.19. The summed E-state index contributed by atoms with van der Waals surface area (Å²) in [7, 11) is 0. The van der Waals surface area contributed by atoms with E-state index in [4.69, 9.17) is 23.2 Å². The molecule has 0 bridgehead atoms. The standard InChI is InChI=1S/C23H32Cl2/c1-2-3-17-4-6-18(7-5-17)8-9-19-10-12-20(13-11-19)21-14-15-22(24)23(25)16-21/h2-3,14-20H,4-13H2,1H3. The average molecular weight is 379 g/mol. The summed E-state index contributed by atoms with van der Waals surface area (Å²) < 4.78 is 0. The van der Waals surface area contributed by atoms with Crippen molar-refractivity contribution in [1.82, 2.24) is 0 Å². The van der Waals surface area contributed by atoms with E-state index in [2.05, 4.69) is 31.2 Å². The van der Waals surface area contributed by atoms with Gasteiger partial charge in [-0.15, -0.1) is 0 Å². The third kappa shape index (κ3) is 5.51. The summed E-state index contributed by atoms with van der Waals surface area (Å²) in [5.41, 5.74) is 1.38. The quantitative estimate of drug-likeness (QED) is 0.450. The van der Waals surface area contributed by atoms with Crippen molar-refractivity contribution in [3.63, 3.8) is 0 Å². The first kappa shape index (κ1) is 19.3. The summed E-state index contributed by atoms with van der Waals surface area (Å²) in [5, 5.41) is 1.37. The average Bonchev–Trinajstić information content (AvgIpc) is 2.64. The second-order valence-corrected chi connectivity index (χ2v) is 9.09. The minimum Gasteiger partial charge on any atom is -0.0914 e. The van der Waals surface area contributed by atoms with E-state index in [1.807, 2.05) is 6.07 Å². The molecule has 2 heteroatoms. The molecule has 0 amide bonds. The van der Waals surface area contributed by atoms with Gasteiger partial charge in [-0.25, -0.2) is 0 Å². The normalized spacial score (nSPS) is 30.7. The van der Waals surface area contributed by atoms with Gasteiger partial charge < -0.3 is 0 Å². The van der Waals surface area contributed by atoms with Crippen molar-refractivity contribution in [2.45, 2.75) is 77.0 Å². The molecule has 0 unspecified atom stereocenters. The summed E-state index contributed by atoms with van der Waals surface area (Å²) in [4.78, 5) is 0. The lowest BCUT2D eigenvalue weighted by molar-refractivity contribution is 0.246. The van der Waals surface area contributed by atoms with Crippen molar-refractivity contribution in [2.24, 2.45) is 17.8 Å². The fraction of sp³-hybridized carbons (Fsp3) is 0.652. The molecule has 3 rings (SSSR count). The number of allylic oxidation sites excluding steroid dienone is 2. The highest BCUT2D eigenvalue weighted by Crippen LogP contribution is 2.40. The molecule has 0 radical (unpaired) electrons. The van der Waals surface area contributed by atoms with Crippen molar-refractivity contribution < 1.29 is 0 Å². The van der Waals surface area contributed by atoms with Crippen LogP contribution in [0.15, 0.2) is 30.4 Å². The molecule has 0 spiro atoms. The molecule has 1 aromatic carbocycles. The topological polar surface area (TPSA) is 0 Å². The molecule has 138 valence electrons. The third-order valence-corrected chi connectivity index (χ3v) is 7.34. The van der Waals surface area contributed by atoms with Crippen LogP contribution in [0, 0.1) is 17.8 Å². The Kier molecular flexibility index (Phi) is 7.31. The van der Waals surface area contributed by atoms with E-state index in [-0.39, 0.29) is 0 Å². The molecule has 0 nitrogen and oxygen atoms in total. The van der Waals surface area contributed by atoms with Crippen LogP contribution in [0.4, 0.5) is 0 Å². The Bertz CT molecular complexity index is 561. The van der Waals surface area contributed by atoms with E-state index in [1.165, 1.54) is 69.8 Å². The lowest BCUT2D eigenvalue weighted by Crippen LogP contribution is -2.17. The highest BCUT2D eigenvalue weighted by Gasteiger charge is 2.25. The van der Waals surface area contributed by atoms with Crippen LogP contribution in [0.25, 0.3) is 0 Å². The fourth-order valence-electron chi connectivity index (χ4n) is 4.96. The molecule has 2 saturated carbocycles. The summed E-state index contributed by atoms with van der Waals surface area (Å²) in [6, 6.07) is 6.20. The Morgan fingerprint density at radius 2 is 1.44 bits per heavy atom. The highest BCUT2D eigenvalue weighted by atomic mass is 35.5. The molecule has 2 aliphatic rings. The molecule has 0 atom stereocenters.